The first-order chi connectivity index (χ1) is 11.3. The highest BCUT2D eigenvalue weighted by Gasteiger charge is 2.17. The Kier molecular flexibility index (Phi) is 5.13. The van der Waals surface area contributed by atoms with Crippen molar-refractivity contribution in [3.63, 3.8) is 0 Å². The van der Waals surface area contributed by atoms with Crippen molar-refractivity contribution in [2.24, 2.45) is 0 Å². The number of carbonyl (C=O) groups excluding carboxylic acids is 1. The van der Waals surface area contributed by atoms with Crippen LogP contribution in [0.3, 0.4) is 0 Å². The molecule has 1 aliphatic carbocycles. The van der Waals surface area contributed by atoms with Crippen LogP contribution < -0.4 is 10.6 Å². The first-order valence-corrected chi connectivity index (χ1v) is 8.07. The van der Waals surface area contributed by atoms with E-state index in [1.807, 2.05) is 12.1 Å². The summed E-state index contributed by atoms with van der Waals surface area (Å²) in [5, 5.41) is 6.22. The minimum absolute atomic E-state index is 0.134. The third kappa shape index (κ3) is 4.48. The van der Waals surface area contributed by atoms with Crippen molar-refractivity contribution in [3.05, 3.63) is 48.2 Å². The second-order valence-corrected chi connectivity index (χ2v) is 5.80. The van der Waals surface area contributed by atoms with Gasteiger partial charge in [0.2, 0.25) is 0 Å². The van der Waals surface area contributed by atoms with Crippen LogP contribution >= 0.6 is 0 Å². The van der Waals surface area contributed by atoms with Gasteiger partial charge in [0.15, 0.2) is 0 Å². The molecule has 0 aliphatic heterocycles. The Labute approximate surface area is 135 Å². The molecule has 2 aromatic rings. The molecule has 0 atom stereocenters. The Hall–Kier alpha value is -2.50. The Morgan fingerprint density at radius 1 is 1.09 bits per heavy atom. The van der Waals surface area contributed by atoms with Crippen LogP contribution in [0.5, 0.6) is 0 Å². The number of nitrogens with one attached hydrogen (secondary N) is 2. The van der Waals surface area contributed by atoms with Crippen LogP contribution in [0, 0.1) is 0 Å². The van der Waals surface area contributed by atoms with Gasteiger partial charge < -0.3 is 10.6 Å². The molecule has 0 spiro atoms. The van der Waals surface area contributed by atoms with Crippen LogP contribution in [0.15, 0.2) is 36.9 Å². The average Bonchev–Trinajstić information content (AvgIpc) is 2.62. The summed E-state index contributed by atoms with van der Waals surface area (Å²) in [6, 6.07) is 4.15. The normalized spacial score (nSPS) is 15.1. The van der Waals surface area contributed by atoms with Gasteiger partial charge in [0.1, 0.15) is 11.5 Å². The SMILES string of the molecule is O=C(NC1CCCCC1)c1cnc(NCc2ccncc2)cn1. The van der Waals surface area contributed by atoms with Gasteiger partial charge in [-0.05, 0) is 30.5 Å². The van der Waals surface area contributed by atoms with Gasteiger partial charge in [-0.15, -0.1) is 0 Å². The van der Waals surface area contributed by atoms with Gasteiger partial charge in [0.25, 0.3) is 5.91 Å². The topological polar surface area (TPSA) is 79.8 Å². The number of anilines is 1. The molecule has 2 heterocycles. The highest BCUT2D eigenvalue weighted by Crippen LogP contribution is 2.17. The van der Waals surface area contributed by atoms with Gasteiger partial charge in [-0.1, -0.05) is 19.3 Å². The Bertz CT molecular complexity index is 623. The van der Waals surface area contributed by atoms with Gasteiger partial charge in [0.05, 0.1) is 12.4 Å². The predicted molar refractivity (Wildman–Crippen MR) is 87.9 cm³/mol. The van der Waals surface area contributed by atoms with Crippen molar-refractivity contribution in [3.8, 4) is 0 Å². The van der Waals surface area contributed by atoms with E-state index < -0.39 is 0 Å². The van der Waals surface area contributed by atoms with E-state index in [1.54, 1.807) is 18.6 Å². The third-order valence-electron chi connectivity index (χ3n) is 4.05. The molecule has 0 unspecified atom stereocenters. The largest absolute Gasteiger partial charge is 0.365 e. The quantitative estimate of drug-likeness (QED) is 0.887. The zero-order chi connectivity index (χ0) is 15.9. The van der Waals surface area contributed by atoms with E-state index >= 15 is 0 Å². The molecule has 3 rings (SSSR count). The maximum Gasteiger partial charge on any atom is 0.271 e. The van der Waals surface area contributed by atoms with Gasteiger partial charge >= 0.3 is 0 Å². The van der Waals surface area contributed by atoms with Crippen molar-refractivity contribution in [2.45, 2.75) is 44.7 Å². The molecule has 0 radical (unpaired) electrons. The molecule has 2 N–H and O–H groups in total. The molecule has 1 amide bonds. The number of hydrogen-bond donors (Lipinski definition) is 2. The molecule has 6 nitrogen and oxygen atoms in total. The molecular formula is C17H21N5O. The number of rotatable bonds is 5. The third-order valence-corrected chi connectivity index (χ3v) is 4.05. The van der Waals surface area contributed by atoms with Crippen molar-refractivity contribution in [2.75, 3.05) is 5.32 Å². The number of aromatic nitrogens is 3. The van der Waals surface area contributed by atoms with E-state index in [0.29, 0.717) is 18.1 Å². The molecule has 1 aliphatic rings. The summed E-state index contributed by atoms with van der Waals surface area (Å²) >= 11 is 0. The lowest BCUT2D eigenvalue weighted by atomic mass is 9.95. The molecule has 1 fully saturated rings. The van der Waals surface area contributed by atoms with Crippen molar-refractivity contribution in [1.29, 1.82) is 0 Å². The van der Waals surface area contributed by atoms with Gasteiger partial charge in [0, 0.05) is 25.0 Å². The molecule has 6 heteroatoms. The minimum atomic E-state index is -0.134. The van der Waals surface area contributed by atoms with Gasteiger partial charge in [-0.2, -0.15) is 0 Å². The molecule has 1 saturated carbocycles. The Balaban J connectivity index is 1.52. The first-order valence-electron chi connectivity index (χ1n) is 8.07. The Morgan fingerprint density at radius 2 is 1.87 bits per heavy atom. The maximum absolute atomic E-state index is 12.2. The number of nitrogens with zero attached hydrogens (tertiary/aromatic N) is 3. The summed E-state index contributed by atoms with van der Waals surface area (Å²) in [6.07, 6.45) is 12.4. The summed E-state index contributed by atoms with van der Waals surface area (Å²) < 4.78 is 0. The summed E-state index contributed by atoms with van der Waals surface area (Å²) in [5.74, 6) is 0.515. The fraction of sp³-hybridized carbons (Fsp3) is 0.412. The van der Waals surface area contributed by atoms with Crippen LogP contribution in [-0.2, 0) is 6.54 Å². The highest BCUT2D eigenvalue weighted by molar-refractivity contribution is 5.92. The van der Waals surface area contributed by atoms with Gasteiger partial charge in [-0.3, -0.25) is 9.78 Å². The van der Waals surface area contributed by atoms with E-state index in [-0.39, 0.29) is 11.9 Å². The fourth-order valence-electron chi connectivity index (χ4n) is 2.74. The monoisotopic (exact) mass is 311 g/mol. The number of hydrogen-bond acceptors (Lipinski definition) is 5. The highest BCUT2D eigenvalue weighted by atomic mass is 16.1. The minimum Gasteiger partial charge on any atom is -0.365 e. The van der Waals surface area contributed by atoms with Crippen molar-refractivity contribution >= 4 is 11.7 Å². The molecular weight excluding hydrogens is 290 g/mol. The lowest BCUT2D eigenvalue weighted by Gasteiger charge is -2.22. The van der Waals surface area contributed by atoms with E-state index in [9.17, 15) is 4.79 Å². The van der Waals surface area contributed by atoms with Crippen LogP contribution in [0.4, 0.5) is 5.82 Å². The van der Waals surface area contributed by atoms with Gasteiger partial charge in [-0.25, -0.2) is 9.97 Å². The molecule has 0 saturated heterocycles. The first kappa shape index (κ1) is 15.4. The summed E-state index contributed by atoms with van der Waals surface area (Å²) in [6.45, 7) is 0.644. The second-order valence-electron chi connectivity index (χ2n) is 5.80. The molecule has 0 aromatic carbocycles. The van der Waals surface area contributed by atoms with E-state index in [4.69, 9.17) is 0 Å². The summed E-state index contributed by atoms with van der Waals surface area (Å²) in [5.41, 5.74) is 1.48. The molecule has 23 heavy (non-hydrogen) atoms. The lowest BCUT2D eigenvalue weighted by Crippen LogP contribution is -2.36. The maximum atomic E-state index is 12.2. The summed E-state index contributed by atoms with van der Waals surface area (Å²) in [4.78, 5) is 24.6. The number of amides is 1. The van der Waals surface area contributed by atoms with Crippen LogP contribution in [0.2, 0.25) is 0 Å². The average molecular weight is 311 g/mol. The number of carbonyl (C=O) groups is 1. The second kappa shape index (κ2) is 7.67. The zero-order valence-electron chi connectivity index (χ0n) is 13.0. The van der Waals surface area contributed by atoms with Crippen LogP contribution in [0.25, 0.3) is 0 Å². The predicted octanol–water partition coefficient (Wildman–Crippen LogP) is 2.55. The van der Waals surface area contributed by atoms with Crippen molar-refractivity contribution in [1.82, 2.24) is 20.3 Å². The number of pyridine rings is 1. The van der Waals surface area contributed by atoms with Crippen LogP contribution in [-0.4, -0.2) is 26.9 Å². The lowest BCUT2D eigenvalue weighted by molar-refractivity contribution is 0.0922. The molecule has 2 aromatic heterocycles. The van der Waals surface area contributed by atoms with E-state index in [0.717, 1.165) is 18.4 Å². The Morgan fingerprint density at radius 3 is 2.57 bits per heavy atom. The van der Waals surface area contributed by atoms with Crippen molar-refractivity contribution < 1.29 is 4.79 Å². The zero-order valence-corrected chi connectivity index (χ0v) is 13.0. The fourth-order valence-corrected chi connectivity index (χ4v) is 2.74. The van der Waals surface area contributed by atoms with E-state index in [1.165, 1.54) is 25.5 Å². The summed E-state index contributed by atoms with van der Waals surface area (Å²) in [7, 11) is 0. The molecule has 120 valence electrons. The van der Waals surface area contributed by atoms with E-state index in [2.05, 4.69) is 25.6 Å². The molecule has 0 bridgehead atoms. The standard InChI is InChI=1S/C17H21N5O/c23-17(22-14-4-2-1-3-5-14)15-11-21-16(12-19-15)20-10-13-6-8-18-9-7-13/h6-9,11-12,14H,1-5,10H2,(H,20,21)(H,22,23). The smallest absolute Gasteiger partial charge is 0.271 e. The van der Waals surface area contributed by atoms with Crippen LogP contribution in [0.1, 0.15) is 48.2 Å².